The average molecular weight is 392 g/mol. The fourth-order valence-electron chi connectivity index (χ4n) is 5.18. The van der Waals surface area contributed by atoms with Crippen LogP contribution in [-0.2, 0) is 11.2 Å². The van der Waals surface area contributed by atoms with Crippen LogP contribution in [0, 0.1) is 11.8 Å². The summed E-state index contributed by atoms with van der Waals surface area (Å²) in [5.41, 5.74) is 9.24. The van der Waals surface area contributed by atoms with Crippen LogP contribution in [0.2, 0.25) is 0 Å². The number of hydrogen-bond donors (Lipinski definition) is 2. The second-order valence-corrected chi connectivity index (χ2v) is 8.80. The summed E-state index contributed by atoms with van der Waals surface area (Å²) in [6, 6.07) is 10.7. The molecule has 29 heavy (non-hydrogen) atoms. The Morgan fingerprint density at radius 3 is 2.79 bits per heavy atom. The van der Waals surface area contributed by atoms with E-state index in [0.29, 0.717) is 11.8 Å². The monoisotopic (exact) mass is 391 g/mol. The van der Waals surface area contributed by atoms with Crippen LogP contribution in [-0.4, -0.2) is 23.7 Å². The largest absolute Gasteiger partial charge is 0.368 e. The van der Waals surface area contributed by atoms with Gasteiger partial charge < -0.3 is 11.1 Å². The van der Waals surface area contributed by atoms with Crippen LogP contribution in [0.15, 0.2) is 59.2 Å². The summed E-state index contributed by atoms with van der Waals surface area (Å²) in [5, 5.41) is 3.58. The van der Waals surface area contributed by atoms with Crippen molar-refractivity contribution in [3.63, 3.8) is 0 Å². The molecule has 0 spiro atoms. The molecule has 1 aromatic rings. The number of benzene rings is 1. The van der Waals surface area contributed by atoms with Crippen LogP contribution in [0.4, 0.5) is 0 Å². The minimum Gasteiger partial charge on any atom is -0.368 e. The normalized spacial score (nSPS) is 27.7. The van der Waals surface area contributed by atoms with Crippen molar-refractivity contribution in [2.75, 3.05) is 6.54 Å². The van der Waals surface area contributed by atoms with Gasteiger partial charge in [-0.3, -0.25) is 9.79 Å². The zero-order valence-corrected chi connectivity index (χ0v) is 17.3. The molecule has 3 unspecified atom stereocenters. The van der Waals surface area contributed by atoms with Crippen molar-refractivity contribution in [2.45, 2.75) is 63.3 Å². The van der Waals surface area contributed by atoms with Crippen molar-refractivity contribution in [1.82, 2.24) is 5.32 Å². The van der Waals surface area contributed by atoms with Gasteiger partial charge in [0.25, 0.3) is 0 Å². The number of carbonyl (C=O) groups excluding carboxylic acids is 1. The minimum absolute atomic E-state index is 0.190. The fourth-order valence-corrected chi connectivity index (χ4v) is 5.18. The van der Waals surface area contributed by atoms with Gasteiger partial charge in [0, 0.05) is 23.2 Å². The van der Waals surface area contributed by atoms with Gasteiger partial charge in [-0.25, -0.2) is 0 Å². The number of allylic oxidation sites excluding steroid dienone is 4. The molecule has 1 aliphatic heterocycles. The van der Waals surface area contributed by atoms with Gasteiger partial charge in [0.2, 0.25) is 5.91 Å². The Hall–Kier alpha value is -2.20. The van der Waals surface area contributed by atoms with E-state index in [0.717, 1.165) is 45.1 Å². The first-order valence-corrected chi connectivity index (χ1v) is 11.2. The first-order chi connectivity index (χ1) is 14.2. The first kappa shape index (κ1) is 20.1. The molecule has 154 valence electrons. The van der Waals surface area contributed by atoms with Gasteiger partial charge in [0.1, 0.15) is 0 Å². The minimum atomic E-state index is -0.565. The van der Waals surface area contributed by atoms with Gasteiger partial charge in [0.15, 0.2) is 0 Å². The van der Waals surface area contributed by atoms with E-state index in [-0.39, 0.29) is 5.91 Å². The number of unbranched alkanes of at least 4 members (excludes halogenated alkanes) is 3. The molecule has 1 fully saturated rings. The number of nitrogens with two attached hydrogens (primary N) is 1. The quantitative estimate of drug-likeness (QED) is 0.616. The average Bonchev–Trinajstić information content (AvgIpc) is 3.11. The summed E-state index contributed by atoms with van der Waals surface area (Å²) in [5.74, 6) is 0.615. The molecule has 2 aliphatic carbocycles. The predicted octanol–water partition coefficient (Wildman–Crippen LogP) is 4.32. The Morgan fingerprint density at radius 1 is 1.14 bits per heavy atom. The van der Waals surface area contributed by atoms with Crippen LogP contribution < -0.4 is 11.1 Å². The number of nitrogens with zero attached hydrogens (tertiary/aromatic N) is 1. The van der Waals surface area contributed by atoms with Crippen LogP contribution in [0.5, 0.6) is 0 Å². The third-order valence-corrected chi connectivity index (χ3v) is 6.91. The highest BCUT2D eigenvalue weighted by molar-refractivity contribution is 5.95. The Labute approximate surface area is 174 Å². The summed E-state index contributed by atoms with van der Waals surface area (Å²) in [4.78, 5) is 17.3. The molecular weight excluding hydrogens is 358 g/mol. The highest BCUT2D eigenvalue weighted by Gasteiger charge is 2.48. The number of hydrogen-bond acceptors (Lipinski definition) is 3. The second-order valence-electron chi connectivity index (χ2n) is 8.80. The van der Waals surface area contributed by atoms with Crippen molar-refractivity contribution < 1.29 is 4.79 Å². The van der Waals surface area contributed by atoms with E-state index in [1.165, 1.54) is 36.2 Å². The van der Waals surface area contributed by atoms with E-state index < -0.39 is 5.54 Å². The van der Waals surface area contributed by atoms with E-state index in [1.54, 1.807) is 0 Å². The summed E-state index contributed by atoms with van der Waals surface area (Å²) in [6.45, 7) is 0.862. The van der Waals surface area contributed by atoms with Crippen molar-refractivity contribution >= 4 is 11.6 Å². The molecule has 0 bridgehead atoms. The number of rotatable bonds is 9. The molecule has 1 aromatic carbocycles. The number of aliphatic imine (C=N–C) groups is 1. The molecule has 0 aromatic heterocycles. The molecule has 4 nitrogen and oxygen atoms in total. The molecular formula is C25H33N3O. The lowest BCUT2D eigenvalue weighted by Gasteiger charge is -2.40. The number of aryl methyl sites for hydroxylation is 1. The zero-order chi connectivity index (χ0) is 20.1. The molecule has 1 amide bonds. The van der Waals surface area contributed by atoms with Crippen molar-refractivity contribution in [2.24, 2.45) is 22.6 Å². The number of fused-ring (bicyclic) bond motifs is 3. The number of carbonyl (C=O) groups is 1. The first-order valence-electron chi connectivity index (χ1n) is 11.2. The molecule has 4 heteroatoms. The third kappa shape index (κ3) is 4.53. The number of amides is 1. The van der Waals surface area contributed by atoms with E-state index in [2.05, 4.69) is 53.9 Å². The maximum Gasteiger partial charge on any atom is 0.237 e. The van der Waals surface area contributed by atoms with Crippen LogP contribution in [0.3, 0.4) is 0 Å². The summed E-state index contributed by atoms with van der Waals surface area (Å²) >= 11 is 0. The Morgan fingerprint density at radius 2 is 1.97 bits per heavy atom. The van der Waals surface area contributed by atoms with E-state index >= 15 is 0 Å². The highest BCUT2D eigenvalue weighted by atomic mass is 16.1. The van der Waals surface area contributed by atoms with E-state index in [4.69, 9.17) is 10.7 Å². The van der Waals surface area contributed by atoms with Crippen LogP contribution >= 0.6 is 0 Å². The number of nitrogens with one attached hydrogen (secondary N) is 1. The van der Waals surface area contributed by atoms with Crippen molar-refractivity contribution in [3.8, 4) is 0 Å². The maximum atomic E-state index is 12.4. The topological polar surface area (TPSA) is 67.5 Å². The van der Waals surface area contributed by atoms with Crippen LogP contribution in [0.25, 0.3) is 0 Å². The lowest BCUT2D eigenvalue weighted by atomic mass is 9.69. The summed E-state index contributed by atoms with van der Waals surface area (Å²) < 4.78 is 0. The predicted molar refractivity (Wildman–Crippen MR) is 119 cm³/mol. The van der Waals surface area contributed by atoms with Gasteiger partial charge >= 0.3 is 0 Å². The smallest absolute Gasteiger partial charge is 0.237 e. The Bertz CT molecular complexity index is 811. The lowest BCUT2D eigenvalue weighted by molar-refractivity contribution is -0.125. The zero-order valence-electron chi connectivity index (χ0n) is 17.3. The van der Waals surface area contributed by atoms with Crippen LogP contribution in [0.1, 0.15) is 56.9 Å². The van der Waals surface area contributed by atoms with Crippen molar-refractivity contribution in [3.05, 3.63) is 59.8 Å². The second kappa shape index (κ2) is 9.08. The molecule has 0 radical (unpaired) electrons. The third-order valence-electron chi connectivity index (χ3n) is 6.91. The maximum absolute atomic E-state index is 12.4. The molecule has 4 rings (SSSR count). The van der Waals surface area contributed by atoms with Gasteiger partial charge in [-0.15, -0.1) is 0 Å². The lowest BCUT2D eigenvalue weighted by Crippen LogP contribution is -2.59. The fraction of sp³-hybridized carbons (Fsp3) is 0.520. The van der Waals surface area contributed by atoms with E-state index in [1.807, 2.05) is 0 Å². The summed E-state index contributed by atoms with van der Waals surface area (Å²) in [7, 11) is 0. The Balaban J connectivity index is 1.23. The van der Waals surface area contributed by atoms with Gasteiger partial charge in [-0.05, 0) is 63.1 Å². The molecule has 1 heterocycles. The standard InChI is InChI=1S/C25H33N3O/c26-24(29)25(27-17-9-2-1-4-10-19-11-5-3-6-12-19)16-15-23-21(18-25)20-13-7-8-14-22(20)28-23/h3,5-8,11-12,14,20-21,27H,1-2,4,9-10,13,15-18H2,(H2,26,29). The summed E-state index contributed by atoms with van der Waals surface area (Å²) in [6.07, 6.45) is 15.8. The molecule has 3 aliphatic rings. The van der Waals surface area contributed by atoms with Gasteiger partial charge in [-0.2, -0.15) is 0 Å². The number of primary amides is 1. The highest BCUT2D eigenvalue weighted by Crippen LogP contribution is 2.45. The molecule has 1 saturated carbocycles. The van der Waals surface area contributed by atoms with Gasteiger partial charge in [0.05, 0.1) is 5.54 Å². The van der Waals surface area contributed by atoms with Crippen molar-refractivity contribution in [1.29, 1.82) is 0 Å². The Kier molecular flexibility index (Phi) is 6.29. The van der Waals surface area contributed by atoms with E-state index in [9.17, 15) is 4.79 Å². The van der Waals surface area contributed by atoms with Gasteiger partial charge in [-0.1, -0.05) is 55.3 Å². The molecule has 3 atom stereocenters. The molecule has 0 saturated heterocycles. The molecule has 3 N–H and O–H groups in total. The SMILES string of the molecule is NC(=O)C1(NCCCCCCc2ccccc2)CCC2=NC3=CC=CCC3C2C1.